The van der Waals surface area contributed by atoms with Crippen LogP contribution in [0.1, 0.15) is 0 Å². The highest BCUT2D eigenvalue weighted by Crippen LogP contribution is 2.46. The van der Waals surface area contributed by atoms with E-state index in [1.807, 2.05) is 36.4 Å². The number of hydrogen-bond donors (Lipinski definition) is 0. The highest BCUT2D eigenvalue weighted by atomic mass is 16.3. The normalized spacial score (nSPS) is 11.5. The maximum atomic E-state index is 7.20. The summed E-state index contributed by atoms with van der Waals surface area (Å²) in [6.07, 6.45) is 0. The number of aromatic nitrogens is 3. The van der Waals surface area contributed by atoms with Gasteiger partial charge in [0.2, 0.25) is 0 Å². The van der Waals surface area contributed by atoms with Crippen molar-refractivity contribution in [2.45, 2.75) is 0 Å². The minimum atomic E-state index is 0.546. The summed E-state index contributed by atoms with van der Waals surface area (Å²) in [6, 6.07) is 69.8. The minimum Gasteiger partial charge on any atom is -0.455 e. The Hall–Kier alpha value is -7.69. The van der Waals surface area contributed by atoms with E-state index in [1.165, 1.54) is 5.39 Å². The molecule has 0 unspecified atom stereocenters. The Morgan fingerprint density at radius 2 is 0.789 bits per heavy atom. The van der Waals surface area contributed by atoms with Crippen LogP contribution in [0.25, 0.3) is 111 Å². The summed E-state index contributed by atoms with van der Waals surface area (Å²) in [5.74, 6) is 1.75. The molecule has 0 atom stereocenters. The molecule has 0 radical (unpaired) electrons. The average Bonchev–Trinajstić information content (AvgIpc) is 3.69. The van der Waals surface area contributed by atoms with Crippen LogP contribution >= 0.6 is 0 Å². The molecule has 266 valence electrons. The van der Waals surface area contributed by atoms with Crippen molar-refractivity contribution in [2.24, 2.45) is 0 Å². The predicted molar refractivity (Wildman–Crippen MR) is 235 cm³/mol. The van der Waals surface area contributed by atoms with Gasteiger partial charge < -0.3 is 4.42 Å². The van der Waals surface area contributed by atoms with E-state index < -0.39 is 0 Å². The molecule has 4 heteroatoms. The molecule has 0 aliphatic heterocycles. The van der Waals surface area contributed by atoms with Crippen LogP contribution in [0, 0.1) is 0 Å². The first-order chi connectivity index (χ1) is 28.3. The number of benzene rings is 9. The molecule has 57 heavy (non-hydrogen) atoms. The summed E-state index contributed by atoms with van der Waals surface area (Å²) >= 11 is 0. The Morgan fingerprint density at radius 3 is 1.47 bits per heavy atom. The molecule has 4 nitrogen and oxygen atoms in total. The van der Waals surface area contributed by atoms with Crippen LogP contribution in [0.2, 0.25) is 0 Å². The fourth-order valence-electron chi connectivity index (χ4n) is 8.22. The zero-order chi connectivity index (χ0) is 37.7. The first-order valence-corrected chi connectivity index (χ1v) is 19.2. The van der Waals surface area contributed by atoms with Crippen molar-refractivity contribution in [3.8, 4) is 67.5 Å². The van der Waals surface area contributed by atoms with Gasteiger partial charge in [-0.3, -0.25) is 0 Å². The highest BCUT2D eigenvalue weighted by molar-refractivity contribution is 6.19. The van der Waals surface area contributed by atoms with E-state index in [9.17, 15) is 0 Å². The molecular weight excluding hydrogens is 695 g/mol. The molecule has 11 aromatic rings. The topological polar surface area (TPSA) is 51.8 Å². The molecular formula is C53H33N3O. The van der Waals surface area contributed by atoms with Crippen LogP contribution in [-0.2, 0) is 0 Å². The van der Waals surface area contributed by atoms with E-state index in [1.54, 1.807) is 0 Å². The van der Waals surface area contributed by atoms with Gasteiger partial charge in [0.25, 0.3) is 0 Å². The molecule has 0 amide bonds. The summed E-state index contributed by atoms with van der Waals surface area (Å²) in [6.45, 7) is 0. The molecule has 0 aliphatic rings. The molecule has 9 aromatic carbocycles. The van der Waals surface area contributed by atoms with Crippen LogP contribution in [0.3, 0.4) is 0 Å². The lowest BCUT2D eigenvalue weighted by molar-refractivity contribution is 0.670. The molecule has 0 N–H and O–H groups in total. The Morgan fingerprint density at radius 1 is 0.281 bits per heavy atom. The van der Waals surface area contributed by atoms with Crippen LogP contribution in [0.5, 0.6) is 0 Å². The van der Waals surface area contributed by atoms with Crippen molar-refractivity contribution < 1.29 is 4.42 Å². The lowest BCUT2D eigenvalue weighted by atomic mass is 9.92. The first kappa shape index (κ1) is 32.7. The SMILES string of the molecule is c1ccc(-c2cc(-c3ccccc3)c3oc4c(-c5nc(-c6ccccc6)nc(-c6cc7ccccc7c7ccccc67)n5)ccc(-c5ccccc5)c4c3c2)cc1. The van der Waals surface area contributed by atoms with Gasteiger partial charge in [0.05, 0.1) is 5.56 Å². The van der Waals surface area contributed by atoms with Crippen LogP contribution in [0.15, 0.2) is 205 Å². The van der Waals surface area contributed by atoms with Gasteiger partial charge in [-0.2, -0.15) is 0 Å². The standard InChI is InChI=1S/C53H33N3O/c1-5-17-34(18-6-1)39-32-45(36-21-9-3-10-22-36)49-47(33-39)48-41(35-19-7-2-8-20-35)29-30-44(50(48)57-49)52-54-51(37-23-11-4-12-24-37)55-53(56-52)46-31-38-25-13-14-26-40(38)42-27-15-16-28-43(42)46/h1-33H. The zero-order valence-corrected chi connectivity index (χ0v) is 30.8. The van der Waals surface area contributed by atoms with Gasteiger partial charge in [0, 0.05) is 27.5 Å². The maximum Gasteiger partial charge on any atom is 0.167 e. The van der Waals surface area contributed by atoms with Gasteiger partial charge >= 0.3 is 0 Å². The van der Waals surface area contributed by atoms with Gasteiger partial charge in [-0.25, -0.2) is 15.0 Å². The second-order valence-corrected chi connectivity index (χ2v) is 14.3. The van der Waals surface area contributed by atoms with E-state index in [0.29, 0.717) is 17.5 Å². The number of fused-ring (bicyclic) bond motifs is 6. The van der Waals surface area contributed by atoms with Gasteiger partial charge in [-0.15, -0.1) is 0 Å². The van der Waals surface area contributed by atoms with E-state index >= 15 is 0 Å². The van der Waals surface area contributed by atoms with Crippen molar-refractivity contribution in [1.29, 1.82) is 0 Å². The maximum absolute atomic E-state index is 7.20. The number of hydrogen-bond acceptors (Lipinski definition) is 4. The van der Waals surface area contributed by atoms with Crippen molar-refractivity contribution in [2.75, 3.05) is 0 Å². The Labute approximate surface area is 329 Å². The molecule has 2 aromatic heterocycles. The molecule has 2 heterocycles. The fourth-order valence-corrected chi connectivity index (χ4v) is 8.22. The van der Waals surface area contributed by atoms with Crippen molar-refractivity contribution in [1.82, 2.24) is 15.0 Å². The van der Waals surface area contributed by atoms with E-state index in [-0.39, 0.29) is 0 Å². The van der Waals surface area contributed by atoms with Gasteiger partial charge in [0.15, 0.2) is 17.5 Å². The summed E-state index contributed by atoms with van der Waals surface area (Å²) in [5, 5.41) is 6.61. The summed E-state index contributed by atoms with van der Waals surface area (Å²) in [7, 11) is 0. The molecule has 0 saturated carbocycles. The Kier molecular flexibility index (Phi) is 7.78. The first-order valence-electron chi connectivity index (χ1n) is 19.2. The third-order valence-electron chi connectivity index (χ3n) is 10.9. The molecule has 0 bridgehead atoms. The molecule has 11 rings (SSSR count). The lowest BCUT2D eigenvalue weighted by Gasteiger charge is -2.13. The van der Waals surface area contributed by atoms with E-state index in [4.69, 9.17) is 19.4 Å². The second-order valence-electron chi connectivity index (χ2n) is 14.3. The monoisotopic (exact) mass is 727 g/mol. The Balaban J connectivity index is 1.24. The fraction of sp³-hybridized carbons (Fsp3) is 0. The second kappa shape index (κ2) is 13.6. The van der Waals surface area contributed by atoms with E-state index in [2.05, 4.69) is 164 Å². The van der Waals surface area contributed by atoms with Crippen LogP contribution in [0.4, 0.5) is 0 Å². The predicted octanol–water partition coefficient (Wildman–Crippen LogP) is 14.1. The van der Waals surface area contributed by atoms with Crippen molar-refractivity contribution in [3.63, 3.8) is 0 Å². The summed E-state index contributed by atoms with van der Waals surface area (Å²) in [4.78, 5) is 15.8. The Bertz CT molecular complexity index is 3270. The van der Waals surface area contributed by atoms with Crippen LogP contribution < -0.4 is 0 Å². The quantitative estimate of drug-likeness (QED) is 0.160. The molecule has 0 aliphatic carbocycles. The highest BCUT2D eigenvalue weighted by Gasteiger charge is 2.24. The largest absolute Gasteiger partial charge is 0.455 e. The molecule has 0 saturated heterocycles. The van der Waals surface area contributed by atoms with Gasteiger partial charge in [0.1, 0.15) is 11.2 Å². The number of rotatable bonds is 6. The van der Waals surface area contributed by atoms with E-state index in [0.717, 1.165) is 88.2 Å². The molecule has 0 fully saturated rings. The smallest absolute Gasteiger partial charge is 0.167 e. The minimum absolute atomic E-state index is 0.546. The summed E-state index contributed by atoms with van der Waals surface area (Å²) < 4.78 is 7.20. The van der Waals surface area contributed by atoms with Crippen molar-refractivity contribution >= 4 is 43.5 Å². The number of furan rings is 1. The van der Waals surface area contributed by atoms with Crippen LogP contribution in [-0.4, -0.2) is 15.0 Å². The lowest BCUT2D eigenvalue weighted by Crippen LogP contribution is -2.01. The van der Waals surface area contributed by atoms with Gasteiger partial charge in [-0.05, 0) is 73.6 Å². The molecule has 0 spiro atoms. The van der Waals surface area contributed by atoms with Gasteiger partial charge in [-0.1, -0.05) is 176 Å². The summed E-state index contributed by atoms with van der Waals surface area (Å²) in [5.41, 5.74) is 10.8. The number of nitrogens with zero attached hydrogens (tertiary/aromatic N) is 3. The van der Waals surface area contributed by atoms with Crippen molar-refractivity contribution in [3.05, 3.63) is 200 Å². The third kappa shape index (κ3) is 5.66. The average molecular weight is 728 g/mol. The zero-order valence-electron chi connectivity index (χ0n) is 30.8. The third-order valence-corrected chi connectivity index (χ3v) is 10.9.